The predicted octanol–water partition coefficient (Wildman–Crippen LogP) is 1.99. The van der Waals surface area contributed by atoms with Gasteiger partial charge in [0, 0.05) is 12.1 Å². The van der Waals surface area contributed by atoms with Gasteiger partial charge < -0.3 is 5.73 Å². The maximum atomic E-state index is 6.14. The monoisotopic (exact) mass is 208 g/mol. The molecule has 3 rings (SSSR count). The van der Waals surface area contributed by atoms with E-state index >= 15 is 0 Å². The standard InChI is InChI=1S/C13H24N2/c14-10-13(15-6-2-1-3-7-15)9-11-4-5-12(13)8-11/h11-12H,1-10,14H2. The van der Waals surface area contributed by atoms with Crippen molar-refractivity contribution < 1.29 is 0 Å². The van der Waals surface area contributed by atoms with Crippen LogP contribution in [-0.4, -0.2) is 30.1 Å². The molecule has 2 aliphatic carbocycles. The third kappa shape index (κ3) is 1.45. The Morgan fingerprint density at radius 1 is 1.13 bits per heavy atom. The second kappa shape index (κ2) is 3.74. The predicted molar refractivity (Wildman–Crippen MR) is 62.7 cm³/mol. The molecule has 1 aliphatic heterocycles. The number of rotatable bonds is 2. The molecule has 2 bridgehead atoms. The number of piperidine rings is 1. The van der Waals surface area contributed by atoms with Gasteiger partial charge >= 0.3 is 0 Å². The SMILES string of the molecule is NCC1(N2CCCCC2)CC2CCC1C2. The van der Waals surface area contributed by atoms with E-state index in [-0.39, 0.29) is 0 Å². The van der Waals surface area contributed by atoms with Crippen molar-refractivity contribution in [1.82, 2.24) is 4.90 Å². The Hall–Kier alpha value is -0.0800. The summed E-state index contributed by atoms with van der Waals surface area (Å²) in [6.45, 7) is 3.55. The topological polar surface area (TPSA) is 29.3 Å². The molecule has 86 valence electrons. The molecular formula is C13H24N2. The van der Waals surface area contributed by atoms with Crippen LogP contribution in [0.2, 0.25) is 0 Å². The van der Waals surface area contributed by atoms with Crippen LogP contribution in [0.1, 0.15) is 44.9 Å². The fourth-order valence-corrected chi connectivity index (χ4v) is 4.52. The maximum absolute atomic E-state index is 6.14. The lowest BCUT2D eigenvalue weighted by molar-refractivity contribution is 0.0262. The van der Waals surface area contributed by atoms with Gasteiger partial charge in [0.2, 0.25) is 0 Å². The molecule has 1 saturated heterocycles. The number of nitrogens with zero attached hydrogens (tertiary/aromatic N) is 1. The third-order valence-electron chi connectivity index (χ3n) is 5.28. The molecule has 0 aromatic heterocycles. The molecule has 2 heteroatoms. The lowest BCUT2D eigenvalue weighted by Gasteiger charge is -2.48. The number of likely N-dealkylation sites (tertiary alicyclic amines) is 1. The molecular weight excluding hydrogens is 184 g/mol. The molecule has 3 atom stereocenters. The lowest BCUT2D eigenvalue weighted by Crippen LogP contribution is -2.58. The molecule has 0 radical (unpaired) electrons. The maximum Gasteiger partial charge on any atom is 0.0362 e. The highest BCUT2D eigenvalue weighted by molar-refractivity contribution is 5.08. The smallest absolute Gasteiger partial charge is 0.0362 e. The van der Waals surface area contributed by atoms with Gasteiger partial charge in [-0.15, -0.1) is 0 Å². The molecule has 1 heterocycles. The second-order valence-corrected chi connectivity index (χ2v) is 5.94. The highest BCUT2D eigenvalue weighted by Crippen LogP contribution is 2.53. The van der Waals surface area contributed by atoms with Crippen molar-refractivity contribution in [3.63, 3.8) is 0 Å². The Balaban J connectivity index is 1.79. The fraction of sp³-hybridized carbons (Fsp3) is 1.00. The number of hydrogen-bond donors (Lipinski definition) is 1. The summed E-state index contributed by atoms with van der Waals surface area (Å²) < 4.78 is 0. The van der Waals surface area contributed by atoms with Crippen LogP contribution >= 0.6 is 0 Å². The molecule has 3 fully saturated rings. The van der Waals surface area contributed by atoms with Gasteiger partial charge in [-0.2, -0.15) is 0 Å². The van der Waals surface area contributed by atoms with Crippen LogP contribution in [0.25, 0.3) is 0 Å². The Labute approximate surface area is 93.2 Å². The van der Waals surface area contributed by atoms with Crippen molar-refractivity contribution in [3.8, 4) is 0 Å². The van der Waals surface area contributed by atoms with E-state index in [0.29, 0.717) is 5.54 Å². The van der Waals surface area contributed by atoms with Crippen LogP contribution in [0.5, 0.6) is 0 Å². The zero-order valence-corrected chi connectivity index (χ0v) is 9.75. The summed E-state index contributed by atoms with van der Waals surface area (Å²) in [4.78, 5) is 2.76. The summed E-state index contributed by atoms with van der Waals surface area (Å²) >= 11 is 0. The van der Waals surface area contributed by atoms with Gasteiger partial charge in [-0.1, -0.05) is 12.8 Å². The fourth-order valence-electron chi connectivity index (χ4n) is 4.52. The summed E-state index contributed by atoms with van der Waals surface area (Å²) in [5, 5.41) is 0. The van der Waals surface area contributed by atoms with Gasteiger partial charge in [0.1, 0.15) is 0 Å². The summed E-state index contributed by atoms with van der Waals surface area (Å²) in [5.74, 6) is 1.95. The molecule has 0 aromatic rings. The molecule has 15 heavy (non-hydrogen) atoms. The first kappa shape index (κ1) is 10.1. The number of nitrogens with two attached hydrogens (primary N) is 1. The van der Waals surface area contributed by atoms with Crippen molar-refractivity contribution in [2.75, 3.05) is 19.6 Å². The summed E-state index contributed by atoms with van der Waals surface area (Å²) in [5.41, 5.74) is 6.58. The van der Waals surface area contributed by atoms with Crippen molar-refractivity contribution in [2.45, 2.75) is 50.5 Å². The molecule has 2 nitrogen and oxygen atoms in total. The van der Waals surface area contributed by atoms with Crippen LogP contribution in [0.4, 0.5) is 0 Å². The van der Waals surface area contributed by atoms with Gasteiger partial charge in [-0.05, 0) is 57.0 Å². The third-order valence-corrected chi connectivity index (χ3v) is 5.28. The van der Waals surface area contributed by atoms with Gasteiger partial charge in [0.05, 0.1) is 0 Å². The highest BCUT2D eigenvalue weighted by Gasteiger charge is 2.53. The highest BCUT2D eigenvalue weighted by atomic mass is 15.2. The first-order valence-electron chi connectivity index (χ1n) is 6.80. The van der Waals surface area contributed by atoms with Gasteiger partial charge in [-0.25, -0.2) is 0 Å². The average Bonchev–Trinajstić information content (AvgIpc) is 2.90. The Morgan fingerprint density at radius 3 is 2.47 bits per heavy atom. The molecule has 2 N–H and O–H groups in total. The van der Waals surface area contributed by atoms with Crippen molar-refractivity contribution in [1.29, 1.82) is 0 Å². The van der Waals surface area contributed by atoms with Crippen molar-refractivity contribution >= 4 is 0 Å². The second-order valence-electron chi connectivity index (χ2n) is 5.94. The van der Waals surface area contributed by atoms with Crippen LogP contribution in [0, 0.1) is 11.8 Å². The van der Waals surface area contributed by atoms with Crippen LogP contribution < -0.4 is 5.73 Å². The van der Waals surface area contributed by atoms with E-state index in [9.17, 15) is 0 Å². The molecule has 3 aliphatic rings. The van der Waals surface area contributed by atoms with E-state index in [1.807, 2.05) is 0 Å². The van der Waals surface area contributed by atoms with Gasteiger partial charge in [-0.3, -0.25) is 4.90 Å². The van der Waals surface area contributed by atoms with Gasteiger partial charge in [0.15, 0.2) is 0 Å². The number of hydrogen-bond acceptors (Lipinski definition) is 2. The van der Waals surface area contributed by atoms with E-state index in [1.165, 1.54) is 58.0 Å². The lowest BCUT2D eigenvalue weighted by atomic mass is 9.78. The van der Waals surface area contributed by atoms with Crippen LogP contribution in [-0.2, 0) is 0 Å². The zero-order chi connectivity index (χ0) is 10.3. The van der Waals surface area contributed by atoms with Crippen molar-refractivity contribution in [2.24, 2.45) is 17.6 Å². The van der Waals surface area contributed by atoms with E-state index < -0.39 is 0 Å². The van der Waals surface area contributed by atoms with E-state index in [1.54, 1.807) is 0 Å². The average molecular weight is 208 g/mol. The normalized spacial score (nSPS) is 46.2. The number of fused-ring (bicyclic) bond motifs is 2. The summed E-state index contributed by atoms with van der Waals surface area (Å²) in [6.07, 6.45) is 10.1. The minimum Gasteiger partial charge on any atom is -0.329 e. The quantitative estimate of drug-likeness (QED) is 0.752. The molecule has 3 unspecified atom stereocenters. The van der Waals surface area contributed by atoms with E-state index in [4.69, 9.17) is 5.73 Å². The summed E-state index contributed by atoms with van der Waals surface area (Å²) in [6, 6.07) is 0. The first-order chi connectivity index (χ1) is 7.35. The van der Waals surface area contributed by atoms with Crippen LogP contribution in [0.3, 0.4) is 0 Å². The Morgan fingerprint density at radius 2 is 1.93 bits per heavy atom. The molecule has 2 saturated carbocycles. The molecule has 0 aromatic carbocycles. The van der Waals surface area contributed by atoms with Crippen molar-refractivity contribution in [3.05, 3.63) is 0 Å². The summed E-state index contributed by atoms with van der Waals surface area (Å²) in [7, 11) is 0. The zero-order valence-electron chi connectivity index (χ0n) is 9.75. The minimum absolute atomic E-state index is 0.434. The van der Waals surface area contributed by atoms with Gasteiger partial charge in [0.25, 0.3) is 0 Å². The Bertz CT molecular complexity index is 235. The van der Waals surface area contributed by atoms with E-state index in [0.717, 1.165) is 18.4 Å². The largest absolute Gasteiger partial charge is 0.329 e. The molecule has 0 amide bonds. The Kier molecular flexibility index (Phi) is 2.52. The first-order valence-corrected chi connectivity index (χ1v) is 6.80. The molecule has 0 spiro atoms. The van der Waals surface area contributed by atoms with Crippen LogP contribution in [0.15, 0.2) is 0 Å². The minimum atomic E-state index is 0.434. The van der Waals surface area contributed by atoms with E-state index in [2.05, 4.69) is 4.90 Å².